The van der Waals surface area contributed by atoms with Crippen molar-refractivity contribution >= 4 is 40.2 Å². The number of thioether (sulfide) groups is 1. The summed E-state index contributed by atoms with van der Waals surface area (Å²) in [5, 5.41) is 1.53. The van der Waals surface area contributed by atoms with Gasteiger partial charge in [-0.15, -0.1) is 0 Å². The first kappa shape index (κ1) is 19.5. The number of nitrogens with zero attached hydrogens (tertiary/aromatic N) is 3. The molecule has 0 N–H and O–H groups in total. The van der Waals surface area contributed by atoms with E-state index in [0.717, 1.165) is 0 Å². The van der Waals surface area contributed by atoms with Gasteiger partial charge >= 0.3 is 0 Å². The first-order valence-electron chi connectivity index (χ1n) is 8.47. The maximum absolute atomic E-state index is 12.9. The highest BCUT2D eigenvalue weighted by Gasteiger charge is 2.17. The molecule has 2 heterocycles. The molecular weight excluding hydrogens is 386 g/mol. The number of furan rings is 1. The topological polar surface area (TPSA) is 68.3 Å². The largest absolute Gasteiger partial charge is 0.467 e. The van der Waals surface area contributed by atoms with E-state index >= 15 is 0 Å². The van der Waals surface area contributed by atoms with Crippen LogP contribution in [0.25, 0.3) is 10.9 Å². The predicted molar refractivity (Wildman–Crippen MR) is 107 cm³/mol. The summed E-state index contributed by atoms with van der Waals surface area (Å²) in [5.41, 5.74) is 0.397. The van der Waals surface area contributed by atoms with Crippen molar-refractivity contribution in [3.05, 3.63) is 57.7 Å². The molecule has 0 radical (unpaired) electrons. The van der Waals surface area contributed by atoms with Crippen LogP contribution < -0.4 is 5.56 Å². The standard InChI is InChI=1S/C19H20ClN3O3S/c1-12(2)23-18(25)15-7-6-13(20)9-16(15)21-19(23)27-11-17(24)22(3)10-14-5-4-8-26-14/h4-9,12H,10-11H2,1-3H3. The van der Waals surface area contributed by atoms with Gasteiger partial charge in [-0.3, -0.25) is 14.2 Å². The quantitative estimate of drug-likeness (QED) is 0.458. The van der Waals surface area contributed by atoms with Crippen LogP contribution in [0.2, 0.25) is 5.02 Å². The number of fused-ring (bicyclic) bond motifs is 1. The zero-order chi connectivity index (χ0) is 19.6. The average Bonchev–Trinajstić information content (AvgIpc) is 3.11. The third kappa shape index (κ3) is 4.36. The second-order valence-electron chi connectivity index (χ2n) is 6.44. The molecule has 8 heteroatoms. The summed E-state index contributed by atoms with van der Waals surface area (Å²) in [4.78, 5) is 31.5. The Balaban J connectivity index is 1.84. The number of carbonyl (C=O) groups is 1. The number of halogens is 1. The van der Waals surface area contributed by atoms with E-state index in [1.54, 1.807) is 47.0 Å². The molecule has 0 aliphatic carbocycles. The third-order valence-electron chi connectivity index (χ3n) is 4.07. The van der Waals surface area contributed by atoms with Crippen LogP contribution in [-0.2, 0) is 11.3 Å². The summed E-state index contributed by atoms with van der Waals surface area (Å²) in [6.45, 7) is 4.23. The Bertz CT molecular complexity index is 1010. The zero-order valence-electron chi connectivity index (χ0n) is 15.3. The molecule has 0 bridgehead atoms. The Morgan fingerprint density at radius 1 is 1.37 bits per heavy atom. The van der Waals surface area contributed by atoms with Crippen LogP contribution in [0.4, 0.5) is 0 Å². The van der Waals surface area contributed by atoms with E-state index < -0.39 is 0 Å². The van der Waals surface area contributed by atoms with Crippen molar-refractivity contribution in [2.45, 2.75) is 31.6 Å². The SMILES string of the molecule is CC(C)n1c(SCC(=O)N(C)Cc2ccco2)nc2cc(Cl)ccc2c1=O. The number of hydrogen-bond donors (Lipinski definition) is 0. The number of carbonyl (C=O) groups excluding carboxylic acids is 1. The maximum Gasteiger partial charge on any atom is 0.262 e. The average molecular weight is 406 g/mol. The zero-order valence-corrected chi connectivity index (χ0v) is 16.9. The van der Waals surface area contributed by atoms with Crippen molar-refractivity contribution in [2.24, 2.45) is 0 Å². The molecule has 1 amide bonds. The highest BCUT2D eigenvalue weighted by atomic mass is 35.5. The van der Waals surface area contributed by atoms with Crippen molar-refractivity contribution < 1.29 is 9.21 Å². The van der Waals surface area contributed by atoms with Gasteiger partial charge in [-0.25, -0.2) is 4.98 Å². The Kier molecular flexibility index (Phi) is 5.92. The molecule has 0 spiro atoms. The molecule has 3 rings (SSSR count). The molecule has 27 heavy (non-hydrogen) atoms. The molecule has 0 aliphatic heterocycles. The first-order valence-corrected chi connectivity index (χ1v) is 9.84. The maximum atomic E-state index is 12.9. The van der Waals surface area contributed by atoms with E-state index in [4.69, 9.17) is 16.0 Å². The van der Waals surface area contributed by atoms with Crippen LogP contribution in [0.1, 0.15) is 25.6 Å². The van der Waals surface area contributed by atoms with E-state index in [2.05, 4.69) is 4.98 Å². The van der Waals surface area contributed by atoms with E-state index in [-0.39, 0.29) is 23.3 Å². The molecule has 3 aromatic rings. The molecule has 6 nitrogen and oxygen atoms in total. The van der Waals surface area contributed by atoms with E-state index in [9.17, 15) is 9.59 Å². The second kappa shape index (κ2) is 8.19. The molecule has 0 aliphatic rings. The highest BCUT2D eigenvalue weighted by molar-refractivity contribution is 7.99. The first-order chi connectivity index (χ1) is 12.9. The van der Waals surface area contributed by atoms with E-state index in [0.29, 0.717) is 33.4 Å². The fourth-order valence-corrected chi connectivity index (χ4v) is 3.90. The molecule has 142 valence electrons. The molecule has 2 aromatic heterocycles. The Labute approximate surface area is 166 Å². The molecular formula is C19H20ClN3O3S. The molecule has 1 aromatic carbocycles. The van der Waals surface area contributed by atoms with E-state index in [1.807, 2.05) is 19.9 Å². The van der Waals surface area contributed by atoms with Crippen LogP contribution in [0.5, 0.6) is 0 Å². The summed E-state index contributed by atoms with van der Waals surface area (Å²) < 4.78 is 6.88. The normalized spacial score (nSPS) is 11.3. The fourth-order valence-electron chi connectivity index (χ4n) is 2.67. The highest BCUT2D eigenvalue weighted by Crippen LogP contribution is 2.23. The van der Waals surface area contributed by atoms with Crippen LogP contribution in [0.3, 0.4) is 0 Å². The summed E-state index contributed by atoms with van der Waals surface area (Å²) in [7, 11) is 1.72. The number of aromatic nitrogens is 2. The summed E-state index contributed by atoms with van der Waals surface area (Å²) in [6, 6.07) is 8.55. The van der Waals surface area contributed by atoms with Gasteiger partial charge in [-0.05, 0) is 44.2 Å². The second-order valence-corrected chi connectivity index (χ2v) is 7.82. The summed E-state index contributed by atoms with van der Waals surface area (Å²) in [5.74, 6) is 0.808. The van der Waals surface area contributed by atoms with Gasteiger partial charge in [0.25, 0.3) is 5.56 Å². The van der Waals surface area contributed by atoms with E-state index in [1.165, 1.54) is 11.8 Å². The Hall–Kier alpha value is -2.25. The smallest absolute Gasteiger partial charge is 0.262 e. The molecule has 0 atom stereocenters. The van der Waals surface area contributed by atoms with Crippen molar-refractivity contribution in [3.8, 4) is 0 Å². The van der Waals surface area contributed by atoms with Crippen molar-refractivity contribution in [3.63, 3.8) is 0 Å². The molecule has 0 unspecified atom stereocenters. The number of hydrogen-bond acceptors (Lipinski definition) is 5. The van der Waals surface area contributed by atoms with Gasteiger partial charge in [0, 0.05) is 18.1 Å². The Morgan fingerprint density at radius 2 is 2.15 bits per heavy atom. The van der Waals surface area contributed by atoms with Gasteiger partial charge in [0.05, 0.1) is 29.5 Å². The van der Waals surface area contributed by atoms with Crippen molar-refractivity contribution in [2.75, 3.05) is 12.8 Å². The minimum Gasteiger partial charge on any atom is -0.467 e. The lowest BCUT2D eigenvalue weighted by molar-refractivity contribution is -0.127. The summed E-state index contributed by atoms with van der Waals surface area (Å²) in [6.07, 6.45) is 1.58. The lowest BCUT2D eigenvalue weighted by Crippen LogP contribution is -2.29. The van der Waals surface area contributed by atoms with Gasteiger partial charge in [0.1, 0.15) is 5.76 Å². The van der Waals surface area contributed by atoms with Crippen LogP contribution >= 0.6 is 23.4 Å². The fraction of sp³-hybridized carbons (Fsp3) is 0.316. The van der Waals surface area contributed by atoms with Crippen molar-refractivity contribution in [1.29, 1.82) is 0 Å². The molecule has 0 saturated carbocycles. The lowest BCUT2D eigenvalue weighted by Gasteiger charge is -2.18. The summed E-state index contributed by atoms with van der Waals surface area (Å²) >= 11 is 7.28. The minimum absolute atomic E-state index is 0.0767. The van der Waals surface area contributed by atoms with Gasteiger partial charge < -0.3 is 9.32 Å². The third-order valence-corrected chi connectivity index (χ3v) is 5.24. The van der Waals surface area contributed by atoms with Gasteiger partial charge in [-0.1, -0.05) is 23.4 Å². The van der Waals surface area contributed by atoms with Crippen molar-refractivity contribution in [1.82, 2.24) is 14.5 Å². The Morgan fingerprint density at radius 3 is 2.81 bits per heavy atom. The molecule has 0 saturated heterocycles. The van der Waals surface area contributed by atoms with Gasteiger partial charge in [-0.2, -0.15) is 0 Å². The molecule has 0 fully saturated rings. The van der Waals surface area contributed by atoms with Crippen LogP contribution in [-0.4, -0.2) is 33.2 Å². The minimum atomic E-state index is -0.134. The monoisotopic (exact) mass is 405 g/mol. The van der Waals surface area contributed by atoms with Gasteiger partial charge in [0.15, 0.2) is 5.16 Å². The number of rotatable bonds is 6. The predicted octanol–water partition coefficient (Wildman–Crippen LogP) is 3.97. The van der Waals surface area contributed by atoms with Crippen LogP contribution in [0, 0.1) is 0 Å². The van der Waals surface area contributed by atoms with Crippen LogP contribution in [0.15, 0.2) is 51.0 Å². The van der Waals surface area contributed by atoms with Gasteiger partial charge in [0.2, 0.25) is 5.91 Å². The lowest BCUT2D eigenvalue weighted by atomic mass is 10.2. The number of benzene rings is 1. The number of amides is 1.